The van der Waals surface area contributed by atoms with Gasteiger partial charge < -0.3 is 24.8 Å². The van der Waals surface area contributed by atoms with E-state index in [1.165, 1.54) is 12.1 Å². The molecule has 0 radical (unpaired) electrons. The molecule has 5 heteroatoms. The van der Waals surface area contributed by atoms with E-state index >= 15 is 0 Å². The van der Waals surface area contributed by atoms with E-state index in [2.05, 4.69) is 18.7 Å². The Hall–Kier alpha value is -1.30. The van der Waals surface area contributed by atoms with E-state index in [1.807, 2.05) is 24.3 Å². The van der Waals surface area contributed by atoms with Crippen molar-refractivity contribution in [3.63, 3.8) is 0 Å². The van der Waals surface area contributed by atoms with E-state index < -0.39 is 0 Å². The number of hydrogen-bond donors (Lipinski definition) is 1. The highest BCUT2D eigenvalue weighted by atomic mass is 16.5. The summed E-state index contributed by atoms with van der Waals surface area (Å²) in [5.74, 6) is 0. The second-order valence-corrected chi connectivity index (χ2v) is 5.36. The molecule has 23 heavy (non-hydrogen) atoms. The molecule has 0 spiro atoms. The Balaban J connectivity index is 2.00. The first-order valence-electron chi connectivity index (χ1n) is 8.61. The van der Waals surface area contributed by atoms with Gasteiger partial charge in [-0.3, -0.25) is 0 Å². The van der Waals surface area contributed by atoms with Crippen molar-refractivity contribution < 1.29 is 14.2 Å². The van der Waals surface area contributed by atoms with Crippen molar-refractivity contribution in [2.24, 2.45) is 0 Å². The average molecular weight is 324 g/mol. The summed E-state index contributed by atoms with van der Waals surface area (Å²) < 4.78 is 16.5. The van der Waals surface area contributed by atoms with Crippen molar-refractivity contribution in [2.75, 3.05) is 63.4 Å². The number of likely N-dealkylation sites (N-methyl/N-ethyl adjacent to an activating group) is 1. The maximum absolute atomic E-state index is 5.72. The minimum absolute atomic E-state index is 0.616. The number of unbranched alkanes of at least 4 members (excludes halogenated alkanes) is 1. The smallest absolute Gasteiger partial charge is 0.0701 e. The monoisotopic (exact) mass is 324 g/mol. The molecule has 0 amide bonds. The summed E-state index contributed by atoms with van der Waals surface area (Å²) in [5.41, 5.74) is 7.68. The van der Waals surface area contributed by atoms with E-state index in [4.69, 9.17) is 19.9 Å². The van der Waals surface area contributed by atoms with Crippen LogP contribution in [0.3, 0.4) is 0 Å². The molecule has 0 heterocycles. The van der Waals surface area contributed by atoms with Gasteiger partial charge in [-0.25, -0.2) is 0 Å². The van der Waals surface area contributed by atoms with Crippen LogP contribution in [0, 0.1) is 0 Å². The molecule has 0 unspecified atom stereocenters. The predicted octanol–water partition coefficient (Wildman–Crippen LogP) is 2.95. The zero-order valence-electron chi connectivity index (χ0n) is 14.6. The molecule has 0 saturated carbocycles. The van der Waals surface area contributed by atoms with Crippen LogP contribution in [0.1, 0.15) is 26.7 Å². The second-order valence-electron chi connectivity index (χ2n) is 5.36. The van der Waals surface area contributed by atoms with Crippen molar-refractivity contribution in [1.82, 2.24) is 0 Å². The lowest BCUT2D eigenvalue weighted by Crippen LogP contribution is -2.27. The fourth-order valence-electron chi connectivity index (χ4n) is 2.12. The molecule has 1 aromatic carbocycles. The molecule has 1 rings (SSSR count). The highest BCUT2D eigenvalue weighted by molar-refractivity contribution is 5.52. The van der Waals surface area contributed by atoms with Crippen LogP contribution in [-0.4, -0.2) is 52.7 Å². The number of nitrogens with zero attached hydrogens (tertiary/aromatic N) is 1. The fourth-order valence-corrected chi connectivity index (χ4v) is 2.12. The second kappa shape index (κ2) is 13.2. The Bertz CT molecular complexity index is 384. The number of benzene rings is 1. The lowest BCUT2D eigenvalue weighted by molar-refractivity contribution is 0.0153. The van der Waals surface area contributed by atoms with Crippen molar-refractivity contribution >= 4 is 11.4 Å². The van der Waals surface area contributed by atoms with E-state index in [0.29, 0.717) is 33.0 Å². The van der Waals surface area contributed by atoms with Crippen LogP contribution in [0.15, 0.2) is 24.3 Å². The Labute approximate surface area is 140 Å². The van der Waals surface area contributed by atoms with Gasteiger partial charge in [0.05, 0.1) is 33.0 Å². The summed E-state index contributed by atoms with van der Waals surface area (Å²) in [4.78, 5) is 2.27. The fraction of sp³-hybridized carbons (Fsp3) is 0.667. The molecule has 0 aliphatic heterocycles. The van der Waals surface area contributed by atoms with Gasteiger partial charge >= 0.3 is 0 Å². The molecular weight excluding hydrogens is 292 g/mol. The van der Waals surface area contributed by atoms with E-state index in [9.17, 15) is 0 Å². The maximum atomic E-state index is 5.72. The first kappa shape index (κ1) is 19.7. The Morgan fingerprint density at radius 3 is 1.96 bits per heavy atom. The number of hydrogen-bond acceptors (Lipinski definition) is 5. The van der Waals surface area contributed by atoms with Crippen LogP contribution in [0.5, 0.6) is 0 Å². The molecule has 5 nitrogen and oxygen atoms in total. The van der Waals surface area contributed by atoms with Gasteiger partial charge in [-0.05, 0) is 37.6 Å². The standard InChI is InChI=1S/C18H32N2O3/c1-3-5-11-21-13-15-23-16-14-22-12-10-20(4-2)18-8-6-17(19)7-9-18/h6-9H,3-5,10-16,19H2,1-2H3. The number of rotatable bonds is 14. The van der Waals surface area contributed by atoms with Crippen LogP contribution >= 0.6 is 0 Å². The molecule has 0 aliphatic rings. The van der Waals surface area contributed by atoms with Crippen LogP contribution in [-0.2, 0) is 14.2 Å². The quantitative estimate of drug-likeness (QED) is 0.421. The summed E-state index contributed by atoms with van der Waals surface area (Å²) in [6, 6.07) is 7.94. The van der Waals surface area contributed by atoms with E-state index in [0.717, 1.165) is 31.8 Å². The van der Waals surface area contributed by atoms with Gasteiger partial charge in [-0.2, -0.15) is 0 Å². The molecule has 0 saturated heterocycles. The number of anilines is 2. The van der Waals surface area contributed by atoms with Gasteiger partial charge in [0, 0.05) is 31.1 Å². The predicted molar refractivity (Wildman–Crippen MR) is 96.1 cm³/mol. The van der Waals surface area contributed by atoms with Gasteiger partial charge in [0.15, 0.2) is 0 Å². The molecule has 132 valence electrons. The third kappa shape index (κ3) is 9.43. The highest BCUT2D eigenvalue weighted by Gasteiger charge is 2.03. The van der Waals surface area contributed by atoms with Gasteiger partial charge in [-0.15, -0.1) is 0 Å². The van der Waals surface area contributed by atoms with Crippen molar-refractivity contribution in [3.05, 3.63) is 24.3 Å². The van der Waals surface area contributed by atoms with Gasteiger partial charge in [0.2, 0.25) is 0 Å². The molecule has 2 N–H and O–H groups in total. The minimum atomic E-state index is 0.616. The van der Waals surface area contributed by atoms with Gasteiger partial charge in [0.25, 0.3) is 0 Å². The van der Waals surface area contributed by atoms with Crippen LogP contribution in [0.25, 0.3) is 0 Å². The first-order chi connectivity index (χ1) is 11.3. The molecule has 0 aliphatic carbocycles. The Morgan fingerprint density at radius 2 is 1.39 bits per heavy atom. The van der Waals surface area contributed by atoms with Crippen molar-refractivity contribution in [1.29, 1.82) is 0 Å². The largest absolute Gasteiger partial charge is 0.399 e. The summed E-state index contributed by atoms with van der Waals surface area (Å²) in [6.45, 7) is 10.2. The zero-order valence-corrected chi connectivity index (χ0v) is 14.6. The van der Waals surface area contributed by atoms with Crippen LogP contribution < -0.4 is 10.6 Å². The molecule has 0 bridgehead atoms. The Kier molecular flexibility index (Phi) is 11.3. The van der Waals surface area contributed by atoms with E-state index in [-0.39, 0.29) is 0 Å². The lowest BCUT2D eigenvalue weighted by atomic mass is 10.2. The average Bonchev–Trinajstić information content (AvgIpc) is 2.57. The highest BCUT2D eigenvalue weighted by Crippen LogP contribution is 2.15. The lowest BCUT2D eigenvalue weighted by Gasteiger charge is -2.23. The summed E-state index contributed by atoms with van der Waals surface area (Å²) in [5, 5.41) is 0. The van der Waals surface area contributed by atoms with Crippen LogP contribution in [0.4, 0.5) is 11.4 Å². The summed E-state index contributed by atoms with van der Waals surface area (Å²) in [7, 11) is 0. The Morgan fingerprint density at radius 1 is 0.826 bits per heavy atom. The third-order valence-corrected chi connectivity index (χ3v) is 3.53. The van der Waals surface area contributed by atoms with Crippen LogP contribution in [0.2, 0.25) is 0 Å². The summed E-state index contributed by atoms with van der Waals surface area (Å²) >= 11 is 0. The molecule has 0 fully saturated rings. The molecule has 0 atom stereocenters. The van der Waals surface area contributed by atoms with Gasteiger partial charge in [-0.1, -0.05) is 13.3 Å². The minimum Gasteiger partial charge on any atom is -0.399 e. The number of nitrogen functional groups attached to an aromatic ring is 1. The zero-order chi connectivity index (χ0) is 16.8. The SMILES string of the molecule is CCCCOCCOCCOCCN(CC)c1ccc(N)cc1. The molecule has 1 aromatic rings. The summed E-state index contributed by atoms with van der Waals surface area (Å²) in [6.07, 6.45) is 2.28. The maximum Gasteiger partial charge on any atom is 0.0701 e. The first-order valence-corrected chi connectivity index (χ1v) is 8.61. The molecule has 0 aromatic heterocycles. The topological polar surface area (TPSA) is 57.0 Å². The van der Waals surface area contributed by atoms with Crippen molar-refractivity contribution in [3.8, 4) is 0 Å². The van der Waals surface area contributed by atoms with E-state index in [1.54, 1.807) is 0 Å². The normalized spacial score (nSPS) is 10.9. The third-order valence-electron chi connectivity index (χ3n) is 3.53. The van der Waals surface area contributed by atoms with Gasteiger partial charge in [0.1, 0.15) is 0 Å². The number of ether oxygens (including phenoxy) is 3. The number of nitrogens with two attached hydrogens (primary N) is 1. The molecular formula is C18H32N2O3. The van der Waals surface area contributed by atoms with Crippen molar-refractivity contribution in [2.45, 2.75) is 26.7 Å².